The molecule has 0 saturated heterocycles. The van der Waals surface area contributed by atoms with E-state index in [1.165, 1.54) is 0 Å². The van der Waals surface area contributed by atoms with Crippen LogP contribution in [-0.2, 0) is 10.9 Å². The highest BCUT2D eigenvalue weighted by Crippen LogP contribution is 1.98. The highest BCUT2D eigenvalue weighted by molar-refractivity contribution is 7.70. The first kappa shape index (κ1) is 9.91. The number of hydrogen-bond acceptors (Lipinski definition) is 2. The van der Waals surface area contributed by atoms with Crippen molar-refractivity contribution in [3.63, 3.8) is 0 Å². The number of unbranched alkanes of at least 4 members (excludes halogenated alkanes) is 1. The van der Waals surface area contributed by atoms with Crippen molar-refractivity contribution in [2.24, 2.45) is 0 Å². The van der Waals surface area contributed by atoms with Crippen LogP contribution in [0, 0.1) is 6.92 Å². The zero-order valence-electron chi connectivity index (χ0n) is 6.17. The van der Waals surface area contributed by atoms with Crippen molar-refractivity contribution >= 4 is 10.9 Å². The van der Waals surface area contributed by atoms with Gasteiger partial charge in [-0.2, -0.15) is 0 Å². The highest BCUT2D eigenvalue weighted by Gasteiger charge is 1.98. The van der Waals surface area contributed by atoms with E-state index >= 15 is 0 Å². The average Bonchev–Trinajstić information content (AvgIpc) is 1.82. The lowest BCUT2D eigenvalue weighted by Crippen LogP contribution is -2.23. The molecule has 1 unspecified atom stereocenters. The summed E-state index contributed by atoms with van der Waals surface area (Å²) in [7, 11) is -2.43. The summed E-state index contributed by atoms with van der Waals surface area (Å²) >= 11 is 0. The molecule has 1 N–H and O–H groups in total. The Labute approximate surface area is 63.9 Å². The minimum absolute atomic E-state index is 0.0582. The third-order valence-electron chi connectivity index (χ3n) is 1.21. The summed E-state index contributed by atoms with van der Waals surface area (Å²) in [5, 5.41) is 0. The average molecular weight is 164 g/mol. The van der Waals surface area contributed by atoms with Crippen LogP contribution in [0.1, 0.15) is 26.2 Å². The van der Waals surface area contributed by atoms with E-state index in [0.29, 0.717) is 0 Å². The largest absolute Gasteiger partial charge is 0.216 e. The molecule has 0 spiro atoms. The molecule has 4 heteroatoms. The Bertz CT molecular complexity index is 137. The normalized spacial score (nSPS) is 13.9. The first-order chi connectivity index (χ1) is 4.66. The lowest BCUT2D eigenvalue weighted by atomic mass is 10.2. The number of thiol groups is 1. The molecule has 0 heterocycles. The van der Waals surface area contributed by atoms with Gasteiger partial charge in [-0.3, -0.25) is 0 Å². The SMILES string of the molecule is [CH2]CCCC(C)N[SH](=O)=O. The van der Waals surface area contributed by atoms with Crippen LogP contribution in [0.3, 0.4) is 0 Å². The summed E-state index contributed by atoms with van der Waals surface area (Å²) in [5.74, 6) is 0. The number of rotatable bonds is 5. The third kappa shape index (κ3) is 6.04. The smallest absolute Gasteiger partial charge is 0.201 e. The molecular formula is C6H14NO2S. The van der Waals surface area contributed by atoms with Gasteiger partial charge < -0.3 is 0 Å². The Morgan fingerprint density at radius 1 is 1.60 bits per heavy atom. The molecule has 0 aliphatic heterocycles. The first-order valence-electron chi connectivity index (χ1n) is 3.36. The van der Waals surface area contributed by atoms with E-state index in [1.807, 2.05) is 6.92 Å². The topological polar surface area (TPSA) is 46.2 Å². The van der Waals surface area contributed by atoms with Gasteiger partial charge in [0.2, 0.25) is 10.9 Å². The van der Waals surface area contributed by atoms with E-state index in [9.17, 15) is 8.42 Å². The zero-order valence-corrected chi connectivity index (χ0v) is 7.06. The Morgan fingerprint density at radius 2 is 2.20 bits per heavy atom. The quantitative estimate of drug-likeness (QED) is 0.581. The van der Waals surface area contributed by atoms with Gasteiger partial charge in [0.15, 0.2) is 0 Å². The predicted molar refractivity (Wildman–Crippen MR) is 42.1 cm³/mol. The summed E-state index contributed by atoms with van der Waals surface area (Å²) in [5.41, 5.74) is 0. The van der Waals surface area contributed by atoms with Crippen molar-refractivity contribution in [2.45, 2.75) is 32.2 Å². The molecule has 0 aliphatic rings. The van der Waals surface area contributed by atoms with Crippen molar-refractivity contribution in [3.05, 3.63) is 6.92 Å². The molecular weight excluding hydrogens is 150 g/mol. The van der Waals surface area contributed by atoms with Crippen LogP contribution < -0.4 is 4.72 Å². The van der Waals surface area contributed by atoms with Gasteiger partial charge in [-0.1, -0.05) is 19.8 Å². The molecule has 0 fully saturated rings. The molecule has 0 amide bonds. The van der Waals surface area contributed by atoms with E-state index in [2.05, 4.69) is 11.6 Å². The third-order valence-corrected chi connectivity index (χ3v) is 1.86. The van der Waals surface area contributed by atoms with Gasteiger partial charge in [0, 0.05) is 6.04 Å². The van der Waals surface area contributed by atoms with Crippen molar-refractivity contribution in [1.82, 2.24) is 4.72 Å². The molecule has 1 atom stereocenters. The van der Waals surface area contributed by atoms with Crippen LogP contribution >= 0.6 is 0 Å². The van der Waals surface area contributed by atoms with Crippen LogP contribution in [0.4, 0.5) is 0 Å². The predicted octanol–water partition coefficient (Wildman–Crippen LogP) is 0.495. The highest BCUT2D eigenvalue weighted by atomic mass is 32.2. The van der Waals surface area contributed by atoms with Crippen LogP contribution in [0.5, 0.6) is 0 Å². The van der Waals surface area contributed by atoms with Crippen LogP contribution in [0.2, 0.25) is 0 Å². The van der Waals surface area contributed by atoms with Crippen molar-refractivity contribution < 1.29 is 8.42 Å². The molecule has 0 saturated carbocycles. The molecule has 3 nitrogen and oxygen atoms in total. The monoisotopic (exact) mass is 164 g/mol. The zero-order chi connectivity index (χ0) is 7.98. The fourth-order valence-corrected chi connectivity index (χ4v) is 1.18. The first-order valence-corrected chi connectivity index (χ1v) is 4.54. The maximum Gasteiger partial charge on any atom is 0.201 e. The summed E-state index contributed by atoms with van der Waals surface area (Å²) in [6, 6.07) is 0.0582. The van der Waals surface area contributed by atoms with Gasteiger partial charge in [-0.15, -0.1) is 0 Å². The standard InChI is InChI=1S/C6H14NO2S/c1-3-4-5-6(2)7-10(8)9/h6,10H,1,3-5H2,2H3,(H,7,8,9). The van der Waals surface area contributed by atoms with Crippen molar-refractivity contribution in [2.75, 3.05) is 0 Å². The van der Waals surface area contributed by atoms with Crippen LogP contribution in [0.15, 0.2) is 0 Å². The van der Waals surface area contributed by atoms with Gasteiger partial charge in [-0.05, 0) is 13.3 Å². The van der Waals surface area contributed by atoms with Gasteiger partial charge in [0.25, 0.3) is 0 Å². The van der Waals surface area contributed by atoms with Gasteiger partial charge in [0.1, 0.15) is 0 Å². The van der Waals surface area contributed by atoms with E-state index in [-0.39, 0.29) is 6.04 Å². The lowest BCUT2D eigenvalue weighted by molar-refractivity contribution is 0.553. The number of hydrogen-bond donors (Lipinski definition) is 2. The molecule has 0 rings (SSSR count). The molecule has 0 bridgehead atoms. The van der Waals surface area contributed by atoms with Gasteiger partial charge in [-0.25, -0.2) is 13.1 Å². The minimum Gasteiger partial charge on any atom is -0.216 e. The molecule has 0 aliphatic carbocycles. The Kier molecular flexibility index (Phi) is 5.63. The Balaban J connectivity index is 3.33. The molecule has 0 aromatic rings. The van der Waals surface area contributed by atoms with Crippen LogP contribution in [0.25, 0.3) is 0 Å². The lowest BCUT2D eigenvalue weighted by Gasteiger charge is -2.06. The van der Waals surface area contributed by atoms with Crippen LogP contribution in [-0.4, -0.2) is 14.5 Å². The van der Waals surface area contributed by atoms with Crippen molar-refractivity contribution in [1.29, 1.82) is 0 Å². The second-order valence-electron chi connectivity index (χ2n) is 2.28. The second kappa shape index (κ2) is 5.68. The fourth-order valence-electron chi connectivity index (χ4n) is 0.695. The molecule has 10 heavy (non-hydrogen) atoms. The summed E-state index contributed by atoms with van der Waals surface area (Å²) < 4.78 is 22.6. The van der Waals surface area contributed by atoms with Gasteiger partial charge in [0.05, 0.1) is 0 Å². The molecule has 0 aromatic heterocycles. The van der Waals surface area contributed by atoms with E-state index < -0.39 is 10.9 Å². The minimum atomic E-state index is -2.43. The molecule has 1 radical (unpaired) electrons. The van der Waals surface area contributed by atoms with E-state index in [0.717, 1.165) is 19.3 Å². The van der Waals surface area contributed by atoms with E-state index in [4.69, 9.17) is 0 Å². The van der Waals surface area contributed by atoms with E-state index in [1.54, 1.807) is 0 Å². The van der Waals surface area contributed by atoms with Crippen molar-refractivity contribution in [3.8, 4) is 0 Å². The summed E-state index contributed by atoms with van der Waals surface area (Å²) in [6.45, 7) is 5.51. The number of nitrogens with one attached hydrogen (secondary N) is 1. The maximum absolute atomic E-state index is 10.1. The summed E-state index contributed by atoms with van der Waals surface area (Å²) in [4.78, 5) is 0. The maximum atomic E-state index is 10.1. The fraction of sp³-hybridized carbons (Fsp3) is 0.833. The molecule has 0 aromatic carbocycles. The Hall–Kier alpha value is -0.0900. The molecule has 61 valence electrons. The summed E-state index contributed by atoms with van der Waals surface area (Å²) in [6.07, 6.45) is 2.70. The second-order valence-corrected chi connectivity index (χ2v) is 3.06. The Morgan fingerprint density at radius 3 is 2.60 bits per heavy atom. The van der Waals surface area contributed by atoms with Gasteiger partial charge >= 0.3 is 0 Å².